The maximum absolute atomic E-state index is 12.7. The van der Waals surface area contributed by atoms with E-state index in [1.54, 1.807) is 11.6 Å². The van der Waals surface area contributed by atoms with Crippen LogP contribution in [0, 0.1) is 20.8 Å². The lowest BCUT2D eigenvalue weighted by Gasteiger charge is -2.22. The molecule has 0 spiro atoms. The van der Waals surface area contributed by atoms with E-state index in [1.807, 2.05) is 25.7 Å². The summed E-state index contributed by atoms with van der Waals surface area (Å²) < 4.78 is 1.76. The molecule has 2 aromatic rings. The summed E-state index contributed by atoms with van der Waals surface area (Å²) in [6.45, 7) is 8.29. The molecule has 0 aromatic carbocycles. The van der Waals surface area contributed by atoms with Gasteiger partial charge in [-0.3, -0.25) is 19.4 Å². The van der Waals surface area contributed by atoms with Crippen LogP contribution >= 0.6 is 0 Å². The van der Waals surface area contributed by atoms with E-state index in [1.165, 1.54) is 0 Å². The lowest BCUT2D eigenvalue weighted by Crippen LogP contribution is -2.32. The molecule has 8 heteroatoms. The zero-order valence-electron chi connectivity index (χ0n) is 15.2. The number of nitrogens with one attached hydrogen (secondary N) is 1. The first kappa shape index (κ1) is 17.3. The second-order valence-electron chi connectivity index (χ2n) is 6.60. The molecule has 1 aliphatic heterocycles. The summed E-state index contributed by atoms with van der Waals surface area (Å²) in [6.07, 6.45) is 2.19. The molecule has 134 valence electrons. The minimum atomic E-state index is -0.0503. The Morgan fingerprint density at radius 2 is 2.04 bits per heavy atom. The molecule has 1 amide bonds. The Kier molecular flexibility index (Phi) is 4.69. The molecule has 3 rings (SSSR count). The van der Waals surface area contributed by atoms with Gasteiger partial charge in [-0.1, -0.05) is 0 Å². The van der Waals surface area contributed by atoms with Crippen molar-refractivity contribution in [3.63, 3.8) is 0 Å². The number of amides is 1. The summed E-state index contributed by atoms with van der Waals surface area (Å²) in [6, 6.07) is -0.0503. The smallest absolute Gasteiger partial charge is 0.225 e. The first-order valence-electron chi connectivity index (χ1n) is 8.61. The lowest BCUT2D eigenvalue weighted by atomic mass is 10.1. The molecule has 0 bridgehead atoms. The Balaban J connectivity index is 1.68. The van der Waals surface area contributed by atoms with E-state index in [-0.39, 0.29) is 17.7 Å². The Bertz CT molecular complexity index is 806. The van der Waals surface area contributed by atoms with Gasteiger partial charge < -0.3 is 4.90 Å². The van der Waals surface area contributed by atoms with E-state index in [2.05, 4.69) is 20.3 Å². The summed E-state index contributed by atoms with van der Waals surface area (Å²) >= 11 is 0. The van der Waals surface area contributed by atoms with E-state index in [0.29, 0.717) is 30.0 Å². The number of H-pyrrole nitrogens is 1. The Hall–Kier alpha value is -2.51. The average Bonchev–Trinajstić information content (AvgIpc) is 3.24. The van der Waals surface area contributed by atoms with Gasteiger partial charge in [-0.05, 0) is 40.5 Å². The van der Waals surface area contributed by atoms with Crippen LogP contribution in [0.5, 0.6) is 0 Å². The maximum Gasteiger partial charge on any atom is 0.225 e. The zero-order valence-corrected chi connectivity index (χ0v) is 15.2. The Labute approximate surface area is 146 Å². The van der Waals surface area contributed by atoms with Gasteiger partial charge in [-0.25, -0.2) is 4.98 Å². The highest BCUT2D eigenvalue weighted by atomic mass is 16.2. The predicted molar refractivity (Wildman–Crippen MR) is 91.1 cm³/mol. The van der Waals surface area contributed by atoms with Gasteiger partial charge in [-0.2, -0.15) is 10.2 Å². The van der Waals surface area contributed by atoms with Gasteiger partial charge in [0, 0.05) is 25.2 Å². The number of aromatic amines is 1. The Morgan fingerprint density at radius 1 is 1.28 bits per heavy atom. The molecule has 0 saturated carbocycles. The quantitative estimate of drug-likeness (QED) is 0.835. The fourth-order valence-electron chi connectivity index (χ4n) is 3.61. The predicted octanol–water partition coefficient (Wildman–Crippen LogP) is 1.88. The monoisotopic (exact) mass is 344 g/mol. The first-order valence-corrected chi connectivity index (χ1v) is 8.61. The number of aromatic nitrogens is 5. The number of Topliss-reactive ketones (excluding diaryl/α,β-unsaturated/α-hetero) is 1. The molecular formula is C17H24N6O2. The highest BCUT2D eigenvalue weighted by molar-refractivity contribution is 5.96. The van der Waals surface area contributed by atoms with Crippen LogP contribution in [-0.4, -0.2) is 48.1 Å². The number of carbonyl (C=O) groups excluding carboxylic acids is 2. The minimum Gasteiger partial charge on any atom is -0.332 e. The molecule has 1 aliphatic rings. The van der Waals surface area contributed by atoms with E-state index in [0.717, 1.165) is 30.9 Å². The summed E-state index contributed by atoms with van der Waals surface area (Å²) in [4.78, 5) is 30.6. The third-order valence-corrected chi connectivity index (χ3v) is 4.76. The summed E-state index contributed by atoms with van der Waals surface area (Å²) in [7, 11) is 0. The van der Waals surface area contributed by atoms with E-state index >= 15 is 0 Å². The van der Waals surface area contributed by atoms with Crippen molar-refractivity contribution in [3.05, 3.63) is 28.6 Å². The average molecular weight is 344 g/mol. The number of nitrogens with zero attached hydrogens (tertiary/aromatic N) is 5. The number of ketones is 1. The highest BCUT2D eigenvalue weighted by Gasteiger charge is 2.32. The molecule has 1 saturated heterocycles. The van der Waals surface area contributed by atoms with Crippen molar-refractivity contribution in [1.29, 1.82) is 0 Å². The molecule has 0 radical (unpaired) electrons. The van der Waals surface area contributed by atoms with E-state index < -0.39 is 0 Å². The van der Waals surface area contributed by atoms with Crippen LogP contribution < -0.4 is 0 Å². The van der Waals surface area contributed by atoms with Crippen LogP contribution in [0.2, 0.25) is 0 Å². The topological polar surface area (TPSA) is 96.8 Å². The third-order valence-electron chi connectivity index (χ3n) is 4.76. The van der Waals surface area contributed by atoms with Crippen molar-refractivity contribution in [2.24, 2.45) is 0 Å². The maximum atomic E-state index is 12.7. The van der Waals surface area contributed by atoms with Gasteiger partial charge >= 0.3 is 0 Å². The molecule has 2 aromatic heterocycles. The summed E-state index contributed by atoms with van der Waals surface area (Å²) in [5.41, 5.74) is 2.19. The molecule has 0 aliphatic carbocycles. The lowest BCUT2D eigenvalue weighted by molar-refractivity contribution is -0.132. The first-order chi connectivity index (χ1) is 11.9. The fraction of sp³-hybridized carbons (Fsp3) is 0.588. The van der Waals surface area contributed by atoms with Crippen LogP contribution in [0.4, 0.5) is 0 Å². The molecule has 25 heavy (non-hydrogen) atoms. The standard InChI is InChI=1S/C17H24N6O2/c1-10-16(12(3)24)11(2)23(21-10)9-7-15(25)22-8-5-6-14(22)17-18-13(4)19-20-17/h14H,5-9H2,1-4H3,(H,18,19,20)/t14-/m0/s1. The summed E-state index contributed by atoms with van der Waals surface area (Å²) in [5, 5.41) is 11.5. The van der Waals surface area contributed by atoms with Crippen molar-refractivity contribution in [3.8, 4) is 0 Å². The number of rotatable bonds is 5. The molecule has 0 unspecified atom stereocenters. The van der Waals surface area contributed by atoms with Gasteiger partial charge in [0.2, 0.25) is 5.91 Å². The van der Waals surface area contributed by atoms with Crippen LogP contribution in [0.15, 0.2) is 0 Å². The molecule has 1 atom stereocenters. The largest absolute Gasteiger partial charge is 0.332 e. The van der Waals surface area contributed by atoms with Crippen LogP contribution in [0.25, 0.3) is 0 Å². The second-order valence-corrected chi connectivity index (χ2v) is 6.60. The van der Waals surface area contributed by atoms with Crippen molar-refractivity contribution in [1.82, 2.24) is 29.9 Å². The number of hydrogen-bond donors (Lipinski definition) is 1. The van der Waals surface area contributed by atoms with Gasteiger partial charge in [0.1, 0.15) is 5.82 Å². The van der Waals surface area contributed by atoms with Crippen molar-refractivity contribution in [2.75, 3.05) is 6.54 Å². The summed E-state index contributed by atoms with van der Waals surface area (Å²) in [5.74, 6) is 1.52. The van der Waals surface area contributed by atoms with Crippen molar-refractivity contribution < 1.29 is 9.59 Å². The number of likely N-dealkylation sites (tertiary alicyclic amines) is 1. The normalized spacial score (nSPS) is 17.3. The second kappa shape index (κ2) is 6.78. The molecule has 1 N–H and O–H groups in total. The zero-order chi connectivity index (χ0) is 18.1. The van der Waals surface area contributed by atoms with E-state index in [9.17, 15) is 9.59 Å². The van der Waals surface area contributed by atoms with Gasteiger partial charge in [0.25, 0.3) is 0 Å². The minimum absolute atomic E-state index is 0.00663. The molecule has 3 heterocycles. The van der Waals surface area contributed by atoms with Gasteiger partial charge in [0.05, 0.1) is 17.3 Å². The number of carbonyl (C=O) groups is 2. The van der Waals surface area contributed by atoms with Gasteiger partial charge in [0.15, 0.2) is 11.6 Å². The van der Waals surface area contributed by atoms with Gasteiger partial charge in [-0.15, -0.1) is 0 Å². The van der Waals surface area contributed by atoms with Crippen molar-refractivity contribution >= 4 is 11.7 Å². The number of hydrogen-bond acceptors (Lipinski definition) is 5. The van der Waals surface area contributed by atoms with Crippen molar-refractivity contribution in [2.45, 2.75) is 59.5 Å². The molecule has 8 nitrogen and oxygen atoms in total. The number of aryl methyl sites for hydroxylation is 3. The molecular weight excluding hydrogens is 320 g/mol. The fourth-order valence-corrected chi connectivity index (χ4v) is 3.61. The van der Waals surface area contributed by atoms with E-state index in [4.69, 9.17) is 0 Å². The Morgan fingerprint density at radius 3 is 2.64 bits per heavy atom. The SMILES string of the molecule is CC(=O)c1c(C)nn(CCC(=O)N2CCC[C@H]2c2n[nH]c(C)n2)c1C. The van der Waals surface area contributed by atoms with Crippen LogP contribution in [-0.2, 0) is 11.3 Å². The highest BCUT2D eigenvalue weighted by Crippen LogP contribution is 2.30. The third kappa shape index (κ3) is 3.33. The van der Waals surface area contributed by atoms with Crippen LogP contribution in [0.1, 0.15) is 65.6 Å². The van der Waals surface area contributed by atoms with Crippen LogP contribution in [0.3, 0.4) is 0 Å². The molecule has 1 fully saturated rings.